The first-order valence-electron chi connectivity index (χ1n) is 7.36. The minimum absolute atomic E-state index is 0.0139. The van der Waals surface area contributed by atoms with E-state index < -0.39 is 0 Å². The lowest BCUT2D eigenvalue weighted by Gasteiger charge is -2.33. The summed E-state index contributed by atoms with van der Waals surface area (Å²) in [5.74, 6) is 0.175. The Hall–Kier alpha value is -1.02. The molecule has 112 valence electrons. The monoisotopic (exact) mass is 295 g/mol. The van der Waals surface area contributed by atoms with Crippen LogP contribution in [0.5, 0.6) is 0 Å². The Morgan fingerprint density at radius 3 is 2.30 bits per heavy atom. The number of rotatable bonds is 5. The summed E-state index contributed by atoms with van der Waals surface area (Å²) in [6.07, 6.45) is 2.42. The molecule has 0 saturated heterocycles. The third-order valence-corrected chi connectivity index (χ3v) is 3.58. The van der Waals surface area contributed by atoms with Gasteiger partial charge in [-0.2, -0.15) is 0 Å². The number of carbonyl (C=O) groups is 1. The van der Waals surface area contributed by atoms with Crippen LogP contribution in [-0.2, 0) is 4.79 Å². The van der Waals surface area contributed by atoms with Gasteiger partial charge in [0.1, 0.15) is 0 Å². The molecule has 0 spiro atoms. The van der Waals surface area contributed by atoms with Crippen LogP contribution in [0.4, 0.5) is 5.69 Å². The van der Waals surface area contributed by atoms with Crippen LogP contribution >= 0.6 is 11.6 Å². The maximum Gasteiger partial charge on any atom is 0.227 e. The lowest BCUT2D eigenvalue weighted by atomic mass is 9.91. The summed E-state index contributed by atoms with van der Waals surface area (Å²) >= 11 is 6.08. The molecule has 0 unspecified atom stereocenters. The fourth-order valence-electron chi connectivity index (χ4n) is 2.38. The van der Waals surface area contributed by atoms with Crippen LogP contribution in [0.2, 0.25) is 5.02 Å². The Morgan fingerprint density at radius 1 is 1.25 bits per heavy atom. The van der Waals surface area contributed by atoms with Crippen LogP contribution < -0.4 is 4.90 Å². The molecule has 1 amide bonds. The van der Waals surface area contributed by atoms with Gasteiger partial charge in [0.15, 0.2) is 0 Å². The molecule has 0 aliphatic heterocycles. The highest BCUT2D eigenvalue weighted by Gasteiger charge is 2.26. The molecule has 0 radical (unpaired) electrons. The number of hydrogen-bond acceptors (Lipinski definition) is 1. The van der Waals surface area contributed by atoms with Gasteiger partial charge in [-0.3, -0.25) is 4.79 Å². The average Bonchev–Trinajstić information content (AvgIpc) is 2.33. The first-order valence-corrected chi connectivity index (χ1v) is 7.74. The third kappa shape index (κ3) is 4.82. The smallest absolute Gasteiger partial charge is 0.227 e. The van der Waals surface area contributed by atoms with Gasteiger partial charge in [-0.05, 0) is 36.5 Å². The van der Waals surface area contributed by atoms with Crippen LogP contribution in [0.25, 0.3) is 0 Å². The number of carbonyl (C=O) groups excluding carboxylic acids is 1. The molecule has 20 heavy (non-hydrogen) atoms. The normalized spacial score (nSPS) is 11.8. The fraction of sp³-hybridized carbons (Fsp3) is 0.588. The van der Waals surface area contributed by atoms with E-state index in [1.54, 1.807) is 0 Å². The number of nitrogens with zero attached hydrogens (tertiary/aromatic N) is 1. The molecule has 0 fully saturated rings. The molecule has 0 atom stereocenters. The van der Waals surface area contributed by atoms with Crippen molar-refractivity contribution in [1.82, 2.24) is 0 Å². The molecular weight excluding hydrogens is 270 g/mol. The van der Waals surface area contributed by atoms with Crippen LogP contribution in [0.15, 0.2) is 24.3 Å². The maximum absolute atomic E-state index is 12.7. The topological polar surface area (TPSA) is 20.3 Å². The van der Waals surface area contributed by atoms with Gasteiger partial charge in [-0.15, -0.1) is 0 Å². The molecule has 0 bridgehead atoms. The summed E-state index contributed by atoms with van der Waals surface area (Å²) in [5.41, 5.74) is 0.889. The number of amides is 1. The van der Waals surface area contributed by atoms with Crippen molar-refractivity contribution in [1.29, 1.82) is 0 Å². The number of hydrogen-bond donors (Lipinski definition) is 0. The molecule has 0 saturated carbocycles. The van der Waals surface area contributed by atoms with Crippen molar-refractivity contribution in [2.75, 3.05) is 4.90 Å². The van der Waals surface area contributed by atoms with Crippen molar-refractivity contribution in [3.8, 4) is 0 Å². The predicted molar refractivity (Wildman–Crippen MR) is 87.4 cm³/mol. The molecule has 0 heterocycles. The first kappa shape index (κ1) is 17.0. The van der Waals surface area contributed by atoms with Gasteiger partial charge in [0.05, 0.1) is 0 Å². The molecule has 0 N–H and O–H groups in total. The van der Waals surface area contributed by atoms with E-state index in [2.05, 4.69) is 34.6 Å². The van der Waals surface area contributed by atoms with Gasteiger partial charge in [-0.25, -0.2) is 0 Å². The van der Waals surface area contributed by atoms with E-state index >= 15 is 0 Å². The van der Waals surface area contributed by atoms with E-state index in [9.17, 15) is 4.79 Å². The molecule has 1 rings (SSSR count). The number of anilines is 1. The fourth-order valence-corrected chi connectivity index (χ4v) is 2.56. The maximum atomic E-state index is 12.7. The second-order valence-corrected chi connectivity index (χ2v) is 6.89. The van der Waals surface area contributed by atoms with Crippen molar-refractivity contribution >= 4 is 23.2 Å². The highest BCUT2D eigenvalue weighted by atomic mass is 35.5. The van der Waals surface area contributed by atoms with Crippen LogP contribution in [0.1, 0.15) is 53.9 Å². The Morgan fingerprint density at radius 2 is 1.85 bits per heavy atom. The molecule has 0 aliphatic rings. The molecule has 1 aromatic rings. The Kier molecular flexibility index (Phi) is 6.07. The van der Waals surface area contributed by atoms with E-state index in [1.807, 2.05) is 29.2 Å². The minimum Gasteiger partial charge on any atom is -0.309 e. The summed E-state index contributed by atoms with van der Waals surface area (Å²) in [6.45, 7) is 10.5. The molecule has 0 aliphatic carbocycles. The standard InChI is InChI=1S/C17H26ClNO/c1-6-14(7-2)19(16(20)12-17(3,4)5)15-10-8-9-13(18)11-15/h8-11,14H,6-7,12H2,1-5H3. The van der Waals surface area contributed by atoms with Crippen LogP contribution in [0, 0.1) is 5.41 Å². The van der Waals surface area contributed by atoms with E-state index in [4.69, 9.17) is 11.6 Å². The second-order valence-electron chi connectivity index (χ2n) is 6.45. The number of halogens is 1. The van der Waals surface area contributed by atoms with Gasteiger partial charge >= 0.3 is 0 Å². The Labute approximate surface area is 128 Å². The SMILES string of the molecule is CCC(CC)N(C(=O)CC(C)(C)C)c1cccc(Cl)c1. The zero-order valence-corrected chi connectivity index (χ0v) is 14.0. The average molecular weight is 296 g/mol. The molecule has 0 aromatic heterocycles. The van der Waals surface area contributed by atoms with E-state index in [0.29, 0.717) is 11.4 Å². The molecule has 1 aromatic carbocycles. The largest absolute Gasteiger partial charge is 0.309 e. The van der Waals surface area contributed by atoms with Crippen LogP contribution in [-0.4, -0.2) is 11.9 Å². The van der Waals surface area contributed by atoms with Crippen molar-refractivity contribution in [3.63, 3.8) is 0 Å². The van der Waals surface area contributed by atoms with Gasteiger partial charge < -0.3 is 4.90 Å². The lowest BCUT2D eigenvalue weighted by molar-refractivity contribution is -0.120. The number of benzene rings is 1. The summed E-state index contributed by atoms with van der Waals surface area (Å²) < 4.78 is 0. The van der Waals surface area contributed by atoms with E-state index in [1.165, 1.54) is 0 Å². The zero-order valence-electron chi connectivity index (χ0n) is 13.2. The van der Waals surface area contributed by atoms with Gasteiger partial charge in [0.2, 0.25) is 5.91 Å². The minimum atomic E-state index is -0.0139. The van der Waals surface area contributed by atoms with Crippen molar-refractivity contribution in [3.05, 3.63) is 29.3 Å². The van der Waals surface area contributed by atoms with Crippen LogP contribution in [0.3, 0.4) is 0 Å². The van der Waals surface area contributed by atoms with Gasteiger partial charge in [-0.1, -0.05) is 52.3 Å². The van der Waals surface area contributed by atoms with Gasteiger partial charge in [0.25, 0.3) is 0 Å². The Balaban J connectivity index is 3.11. The van der Waals surface area contributed by atoms with E-state index in [-0.39, 0.29) is 17.4 Å². The van der Waals surface area contributed by atoms with Crippen molar-refractivity contribution in [2.45, 2.75) is 59.9 Å². The highest BCUT2D eigenvalue weighted by molar-refractivity contribution is 6.30. The first-order chi connectivity index (χ1) is 9.28. The lowest BCUT2D eigenvalue weighted by Crippen LogP contribution is -2.41. The highest BCUT2D eigenvalue weighted by Crippen LogP contribution is 2.28. The third-order valence-electron chi connectivity index (χ3n) is 3.34. The second kappa shape index (κ2) is 7.12. The van der Waals surface area contributed by atoms with E-state index in [0.717, 1.165) is 18.5 Å². The summed E-state index contributed by atoms with van der Waals surface area (Å²) in [5, 5.41) is 0.669. The zero-order chi connectivity index (χ0) is 15.3. The molecule has 2 nitrogen and oxygen atoms in total. The summed E-state index contributed by atoms with van der Waals surface area (Å²) in [6, 6.07) is 7.80. The van der Waals surface area contributed by atoms with Gasteiger partial charge in [0, 0.05) is 23.2 Å². The van der Waals surface area contributed by atoms with Crippen molar-refractivity contribution < 1.29 is 4.79 Å². The molecule has 3 heteroatoms. The molecular formula is C17H26ClNO. The predicted octanol–water partition coefficient (Wildman–Crippen LogP) is 5.30. The summed E-state index contributed by atoms with van der Waals surface area (Å²) in [7, 11) is 0. The Bertz CT molecular complexity index is 447. The quantitative estimate of drug-likeness (QED) is 0.722. The van der Waals surface area contributed by atoms with Crippen molar-refractivity contribution in [2.24, 2.45) is 5.41 Å². The summed E-state index contributed by atoms with van der Waals surface area (Å²) in [4.78, 5) is 14.6.